The molecule has 0 atom stereocenters. The van der Waals surface area contributed by atoms with Crippen LogP contribution in [0.1, 0.15) is 20.8 Å². The highest BCUT2D eigenvalue weighted by molar-refractivity contribution is 7.18. The molecule has 0 fully saturated rings. The third kappa shape index (κ3) is 5.36. The topological polar surface area (TPSA) is 35.5 Å². The Labute approximate surface area is 171 Å². The van der Waals surface area contributed by atoms with E-state index < -0.39 is 0 Å². The van der Waals surface area contributed by atoms with Crippen LogP contribution in [0.5, 0.6) is 11.5 Å². The molecule has 0 saturated carbocycles. The molecule has 1 aromatic heterocycles. The second kappa shape index (κ2) is 9.09. The van der Waals surface area contributed by atoms with Crippen molar-refractivity contribution in [3.8, 4) is 11.5 Å². The highest BCUT2D eigenvalue weighted by Crippen LogP contribution is 2.25. The van der Waals surface area contributed by atoms with Gasteiger partial charge >= 0.3 is 0 Å². The zero-order chi connectivity index (χ0) is 19.2. The number of benzene rings is 2. The minimum atomic E-state index is -0.0818. The molecule has 0 spiro atoms. The minimum absolute atomic E-state index is 0.0818. The molecule has 3 aromatic rings. The lowest BCUT2D eigenvalue weighted by molar-refractivity contribution is 0.105. The second-order valence-corrected chi connectivity index (χ2v) is 7.77. The average Bonchev–Trinajstić information content (AvgIpc) is 3.12. The molecule has 138 valence electrons. The molecule has 0 aliphatic heterocycles. The number of rotatable bonds is 7. The summed E-state index contributed by atoms with van der Waals surface area (Å²) in [4.78, 5) is 12.8. The van der Waals surface area contributed by atoms with Crippen LogP contribution in [0.2, 0.25) is 9.36 Å². The Morgan fingerprint density at radius 1 is 1.07 bits per heavy atom. The number of ether oxygens (including phenoxy) is 2. The highest BCUT2D eigenvalue weighted by Gasteiger charge is 2.07. The molecule has 0 radical (unpaired) electrons. The monoisotopic (exact) mass is 418 g/mol. The van der Waals surface area contributed by atoms with Crippen LogP contribution >= 0.6 is 34.5 Å². The van der Waals surface area contributed by atoms with Crippen molar-refractivity contribution < 1.29 is 14.3 Å². The van der Waals surface area contributed by atoms with Gasteiger partial charge in [-0.25, -0.2) is 0 Å². The molecule has 0 amide bonds. The summed E-state index contributed by atoms with van der Waals surface area (Å²) >= 11 is 13.0. The van der Waals surface area contributed by atoms with Crippen LogP contribution in [0.3, 0.4) is 0 Å². The molecule has 0 aliphatic rings. The summed E-state index contributed by atoms with van der Waals surface area (Å²) in [6.07, 6.45) is 3.30. The van der Waals surface area contributed by atoms with E-state index in [1.165, 1.54) is 17.4 Å². The molecule has 3 rings (SSSR count). The van der Waals surface area contributed by atoms with E-state index in [-0.39, 0.29) is 5.78 Å². The molecular formula is C21H16Cl2O3S. The van der Waals surface area contributed by atoms with E-state index in [0.717, 1.165) is 16.9 Å². The number of thiophene rings is 1. The van der Waals surface area contributed by atoms with Gasteiger partial charge in [-0.3, -0.25) is 4.79 Å². The fourth-order valence-corrected chi connectivity index (χ4v) is 3.50. The lowest BCUT2D eigenvalue weighted by Crippen LogP contribution is -1.99. The predicted octanol–water partition coefficient (Wildman–Crippen LogP) is 6.54. The fourth-order valence-electron chi connectivity index (χ4n) is 2.41. The Kier molecular flexibility index (Phi) is 6.56. The SMILES string of the molecule is COc1ccc(/C=C/C(=O)c2ccc(Cl)s2)cc1COc1ccc(Cl)cc1. The van der Waals surface area contributed by atoms with Crippen molar-refractivity contribution in [2.75, 3.05) is 7.11 Å². The van der Waals surface area contributed by atoms with Crippen LogP contribution in [0, 0.1) is 0 Å². The zero-order valence-electron chi connectivity index (χ0n) is 14.4. The van der Waals surface area contributed by atoms with Crippen molar-refractivity contribution in [1.82, 2.24) is 0 Å². The largest absolute Gasteiger partial charge is 0.496 e. The Morgan fingerprint density at radius 3 is 2.52 bits per heavy atom. The molecular weight excluding hydrogens is 403 g/mol. The van der Waals surface area contributed by atoms with E-state index in [0.29, 0.717) is 26.6 Å². The molecule has 0 saturated heterocycles. The van der Waals surface area contributed by atoms with Crippen LogP contribution in [0.4, 0.5) is 0 Å². The number of methoxy groups -OCH3 is 1. The summed E-state index contributed by atoms with van der Waals surface area (Å²) in [5.41, 5.74) is 1.75. The summed E-state index contributed by atoms with van der Waals surface area (Å²) in [6, 6.07) is 16.3. The van der Waals surface area contributed by atoms with Crippen molar-refractivity contribution in [2.45, 2.75) is 6.61 Å². The van der Waals surface area contributed by atoms with Crippen LogP contribution in [0.15, 0.2) is 60.7 Å². The number of carbonyl (C=O) groups excluding carboxylic acids is 1. The van der Waals surface area contributed by atoms with Crippen LogP contribution in [0.25, 0.3) is 6.08 Å². The first-order valence-corrected chi connectivity index (χ1v) is 9.65. The third-order valence-corrected chi connectivity index (χ3v) is 5.25. The van der Waals surface area contributed by atoms with E-state index in [1.54, 1.807) is 37.5 Å². The van der Waals surface area contributed by atoms with Crippen LogP contribution in [-0.4, -0.2) is 12.9 Å². The lowest BCUT2D eigenvalue weighted by Gasteiger charge is -2.11. The summed E-state index contributed by atoms with van der Waals surface area (Å²) < 4.78 is 11.8. The number of allylic oxidation sites excluding steroid dienone is 1. The molecule has 6 heteroatoms. The number of hydrogen-bond donors (Lipinski definition) is 0. The summed E-state index contributed by atoms with van der Waals surface area (Å²) in [6.45, 7) is 0.334. The van der Waals surface area contributed by atoms with Crippen LogP contribution < -0.4 is 9.47 Å². The van der Waals surface area contributed by atoms with Gasteiger partial charge in [0.2, 0.25) is 0 Å². The molecule has 0 unspecified atom stereocenters. The Morgan fingerprint density at radius 2 is 1.85 bits per heavy atom. The summed E-state index contributed by atoms with van der Waals surface area (Å²) in [5, 5.41) is 0.656. The molecule has 27 heavy (non-hydrogen) atoms. The highest BCUT2D eigenvalue weighted by atomic mass is 35.5. The molecule has 3 nitrogen and oxygen atoms in total. The number of halogens is 2. The standard InChI is InChI=1S/C21H16Cl2O3S/c1-25-19-9-3-14(2-8-18(24)20-10-11-21(23)27-20)12-15(19)13-26-17-6-4-16(22)5-7-17/h2-12H,13H2,1H3/b8-2+. The number of carbonyl (C=O) groups is 1. The van der Waals surface area contributed by atoms with E-state index in [9.17, 15) is 4.79 Å². The van der Waals surface area contributed by atoms with Crippen molar-refractivity contribution >= 4 is 46.4 Å². The molecule has 0 N–H and O–H groups in total. The van der Waals surface area contributed by atoms with Gasteiger partial charge in [0.15, 0.2) is 5.78 Å². The van der Waals surface area contributed by atoms with Gasteiger partial charge in [-0.15, -0.1) is 11.3 Å². The Hall–Kier alpha value is -2.27. The van der Waals surface area contributed by atoms with Crippen molar-refractivity contribution in [2.24, 2.45) is 0 Å². The van der Waals surface area contributed by atoms with E-state index in [2.05, 4.69) is 0 Å². The first-order valence-electron chi connectivity index (χ1n) is 8.08. The Bertz CT molecular complexity index is 962. The summed E-state index contributed by atoms with van der Waals surface area (Å²) in [7, 11) is 1.61. The van der Waals surface area contributed by atoms with E-state index in [1.807, 2.05) is 30.3 Å². The van der Waals surface area contributed by atoms with E-state index in [4.69, 9.17) is 32.7 Å². The number of hydrogen-bond acceptors (Lipinski definition) is 4. The van der Waals surface area contributed by atoms with Gasteiger partial charge in [-0.2, -0.15) is 0 Å². The number of ketones is 1. The zero-order valence-corrected chi connectivity index (χ0v) is 16.8. The maximum atomic E-state index is 12.2. The normalized spacial score (nSPS) is 10.9. The average molecular weight is 419 g/mol. The Balaban J connectivity index is 1.73. The van der Waals surface area contributed by atoms with Gasteiger partial charge in [-0.05, 0) is 60.2 Å². The van der Waals surface area contributed by atoms with Crippen molar-refractivity contribution in [3.05, 3.63) is 86.0 Å². The smallest absolute Gasteiger partial charge is 0.195 e. The molecule has 2 aromatic carbocycles. The maximum Gasteiger partial charge on any atom is 0.195 e. The molecule has 1 heterocycles. The quantitative estimate of drug-likeness (QED) is 0.322. The van der Waals surface area contributed by atoms with Gasteiger partial charge in [-0.1, -0.05) is 35.3 Å². The van der Waals surface area contributed by atoms with Gasteiger partial charge in [0.05, 0.1) is 16.3 Å². The van der Waals surface area contributed by atoms with Crippen molar-refractivity contribution in [1.29, 1.82) is 0 Å². The molecule has 0 bridgehead atoms. The van der Waals surface area contributed by atoms with Gasteiger partial charge < -0.3 is 9.47 Å². The van der Waals surface area contributed by atoms with Gasteiger partial charge in [0.1, 0.15) is 18.1 Å². The van der Waals surface area contributed by atoms with Gasteiger partial charge in [0.25, 0.3) is 0 Å². The van der Waals surface area contributed by atoms with Crippen LogP contribution in [-0.2, 0) is 6.61 Å². The maximum absolute atomic E-state index is 12.2. The predicted molar refractivity (Wildman–Crippen MR) is 111 cm³/mol. The van der Waals surface area contributed by atoms with Crippen molar-refractivity contribution in [3.63, 3.8) is 0 Å². The third-order valence-electron chi connectivity index (χ3n) is 3.76. The first kappa shape index (κ1) is 19.5. The van der Waals surface area contributed by atoms with Gasteiger partial charge in [0, 0.05) is 10.6 Å². The summed E-state index contributed by atoms with van der Waals surface area (Å²) in [5.74, 6) is 1.35. The minimum Gasteiger partial charge on any atom is -0.496 e. The lowest BCUT2D eigenvalue weighted by atomic mass is 10.1. The second-order valence-electron chi connectivity index (χ2n) is 5.62. The van der Waals surface area contributed by atoms with E-state index >= 15 is 0 Å². The molecule has 0 aliphatic carbocycles. The first-order chi connectivity index (χ1) is 13.0. The fraction of sp³-hybridized carbons (Fsp3) is 0.0952.